The predicted molar refractivity (Wildman–Crippen MR) is 126 cm³/mol. The van der Waals surface area contributed by atoms with Gasteiger partial charge in [-0.3, -0.25) is 0 Å². The molecule has 0 spiro atoms. The average molecular weight is 478 g/mol. The molecule has 0 heterocycles. The van der Waals surface area contributed by atoms with Crippen molar-refractivity contribution in [3.8, 4) is 11.8 Å². The Labute approximate surface area is 200 Å². The van der Waals surface area contributed by atoms with Gasteiger partial charge in [0.05, 0.1) is 0 Å². The van der Waals surface area contributed by atoms with Gasteiger partial charge in [0.2, 0.25) is 0 Å². The summed E-state index contributed by atoms with van der Waals surface area (Å²) in [5.74, 6) is 1.90. The molecule has 0 aromatic heterocycles. The maximum atomic E-state index is 12.7. The number of alkyl halides is 3. The van der Waals surface area contributed by atoms with Crippen LogP contribution in [0.3, 0.4) is 0 Å². The highest BCUT2D eigenvalue weighted by Crippen LogP contribution is 2.40. The summed E-state index contributed by atoms with van der Waals surface area (Å²) in [6, 6.07) is 7.88. The molecule has 186 valence electrons. The molecule has 0 bridgehead atoms. The van der Waals surface area contributed by atoms with Gasteiger partial charge in [-0.25, -0.2) is 0 Å². The molecule has 0 radical (unpaired) electrons. The van der Waals surface area contributed by atoms with Crippen LogP contribution in [0.1, 0.15) is 88.5 Å². The number of benzene rings is 1. The van der Waals surface area contributed by atoms with Crippen LogP contribution in [0.15, 0.2) is 48.3 Å². The zero-order valence-electron chi connectivity index (χ0n) is 19.7. The zero-order valence-corrected chi connectivity index (χ0v) is 19.7. The fourth-order valence-electron chi connectivity index (χ4n) is 5.62. The van der Waals surface area contributed by atoms with E-state index in [4.69, 9.17) is 5.26 Å². The van der Waals surface area contributed by atoms with Gasteiger partial charge in [0.25, 0.3) is 0 Å². The van der Waals surface area contributed by atoms with E-state index in [1.165, 1.54) is 75.6 Å². The first kappa shape index (κ1) is 26.3. The monoisotopic (exact) mass is 477 g/mol. The van der Waals surface area contributed by atoms with E-state index >= 15 is 0 Å². The largest absolute Gasteiger partial charge is 0.573 e. The Kier molecular flexibility index (Phi) is 10.0. The van der Waals surface area contributed by atoms with Crippen LogP contribution in [-0.4, -0.2) is 6.36 Å². The molecular weight excluding hydrogens is 442 g/mol. The maximum Gasteiger partial charge on any atom is 0.573 e. The van der Waals surface area contributed by atoms with Crippen LogP contribution < -0.4 is 4.74 Å². The molecule has 1 aromatic rings. The Morgan fingerprint density at radius 1 is 0.882 bits per heavy atom. The van der Waals surface area contributed by atoms with Crippen LogP contribution in [0.25, 0.3) is 0 Å². The van der Waals surface area contributed by atoms with Crippen LogP contribution in [0, 0.1) is 29.1 Å². The third-order valence-electron chi connectivity index (χ3n) is 7.61. The minimum absolute atomic E-state index is 0.153. The van der Waals surface area contributed by atoms with Crippen molar-refractivity contribution < 1.29 is 22.3 Å². The molecule has 0 aliphatic heterocycles. The Hall–Kier alpha value is -2.29. The highest BCUT2D eigenvalue weighted by atomic mass is 19.4. The first-order valence-corrected chi connectivity index (χ1v) is 12.6. The lowest BCUT2D eigenvalue weighted by molar-refractivity contribution is -0.274. The molecule has 2 nitrogen and oxygen atoms in total. The molecule has 0 amide bonds. The maximum absolute atomic E-state index is 12.7. The van der Waals surface area contributed by atoms with E-state index < -0.39 is 12.2 Å². The number of rotatable bonds is 9. The van der Waals surface area contributed by atoms with Crippen molar-refractivity contribution in [3.05, 3.63) is 53.9 Å². The molecule has 0 unspecified atom stereocenters. The van der Waals surface area contributed by atoms with Gasteiger partial charge >= 0.3 is 6.36 Å². The van der Waals surface area contributed by atoms with Crippen LogP contribution in [0.5, 0.6) is 5.75 Å². The molecular formula is C28H35F4NO. The Bertz CT molecular complexity index is 837. The van der Waals surface area contributed by atoms with Crippen molar-refractivity contribution >= 4 is 0 Å². The van der Waals surface area contributed by atoms with Crippen LogP contribution in [-0.2, 0) is 0 Å². The van der Waals surface area contributed by atoms with Gasteiger partial charge in [-0.1, -0.05) is 62.8 Å². The normalized spacial score (nSPS) is 26.4. The summed E-state index contributed by atoms with van der Waals surface area (Å²) >= 11 is 0. The summed E-state index contributed by atoms with van der Waals surface area (Å²) in [7, 11) is 0. The fraction of sp³-hybridized carbons (Fsp3) is 0.607. The molecule has 6 heteroatoms. The fourth-order valence-corrected chi connectivity index (χ4v) is 5.62. The van der Waals surface area contributed by atoms with E-state index in [0.717, 1.165) is 49.0 Å². The van der Waals surface area contributed by atoms with E-state index in [2.05, 4.69) is 4.74 Å². The van der Waals surface area contributed by atoms with E-state index in [1.807, 2.05) is 6.08 Å². The smallest absolute Gasteiger partial charge is 0.406 e. The minimum Gasteiger partial charge on any atom is -0.406 e. The van der Waals surface area contributed by atoms with Crippen molar-refractivity contribution in [2.45, 2.75) is 89.3 Å². The van der Waals surface area contributed by atoms with Gasteiger partial charge in [0.15, 0.2) is 5.83 Å². The Morgan fingerprint density at radius 3 is 1.94 bits per heavy atom. The summed E-state index contributed by atoms with van der Waals surface area (Å²) in [5.41, 5.74) is 1.12. The molecule has 0 N–H and O–H groups in total. The second-order valence-corrected chi connectivity index (χ2v) is 9.93. The first-order chi connectivity index (χ1) is 16.3. The number of allylic oxidation sites excluding steroid dienone is 4. The highest BCUT2D eigenvalue weighted by molar-refractivity contribution is 5.29. The third kappa shape index (κ3) is 9.16. The van der Waals surface area contributed by atoms with Gasteiger partial charge in [0, 0.05) is 0 Å². The van der Waals surface area contributed by atoms with E-state index in [0.29, 0.717) is 5.92 Å². The van der Waals surface area contributed by atoms with E-state index in [-0.39, 0.29) is 5.75 Å². The molecule has 3 rings (SSSR count). The number of ether oxygens (including phenoxy) is 1. The Balaban J connectivity index is 1.29. The predicted octanol–water partition coefficient (Wildman–Crippen LogP) is 9.16. The summed E-state index contributed by atoms with van der Waals surface area (Å²) in [6.45, 7) is 0. The summed E-state index contributed by atoms with van der Waals surface area (Å²) in [6.07, 6.45) is 14.6. The van der Waals surface area contributed by atoms with Crippen LogP contribution in [0.4, 0.5) is 17.6 Å². The molecule has 2 saturated carbocycles. The minimum atomic E-state index is -4.64. The highest BCUT2D eigenvalue weighted by Gasteiger charge is 2.31. The lowest BCUT2D eigenvalue weighted by atomic mass is 9.74. The lowest BCUT2D eigenvalue weighted by Gasteiger charge is -2.32. The van der Waals surface area contributed by atoms with Crippen molar-refractivity contribution in [1.29, 1.82) is 5.26 Å². The molecule has 2 fully saturated rings. The SMILES string of the molecule is N#CC(F)=CC=CCC[C@H]1CC[C@H](CC[C@H]2CC[C@H](c3ccc(OC(F)(F)F)cc3)CC2)CC1. The van der Waals surface area contributed by atoms with Crippen molar-refractivity contribution in [1.82, 2.24) is 0 Å². The van der Waals surface area contributed by atoms with Gasteiger partial charge < -0.3 is 4.74 Å². The molecule has 2 aliphatic rings. The quantitative estimate of drug-likeness (QED) is 0.202. The lowest BCUT2D eigenvalue weighted by Crippen LogP contribution is -2.18. The Morgan fingerprint density at radius 2 is 1.41 bits per heavy atom. The zero-order chi connectivity index (χ0) is 24.4. The number of hydrogen-bond acceptors (Lipinski definition) is 2. The second kappa shape index (κ2) is 13.0. The van der Waals surface area contributed by atoms with Gasteiger partial charge in [0.1, 0.15) is 11.8 Å². The van der Waals surface area contributed by atoms with E-state index in [1.54, 1.807) is 18.2 Å². The number of nitrogens with zero attached hydrogens (tertiary/aromatic N) is 1. The van der Waals surface area contributed by atoms with Crippen molar-refractivity contribution in [3.63, 3.8) is 0 Å². The van der Waals surface area contributed by atoms with Crippen molar-refractivity contribution in [2.24, 2.45) is 17.8 Å². The summed E-state index contributed by atoms with van der Waals surface area (Å²) < 4.78 is 53.7. The average Bonchev–Trinajstić information content (AvgIpc) is 2.83. The molecule has 1 aromatic carbocycles. The van der Waals surface area contributed by atoms with Gasteiger partial charge in [-0.05, 0) is 86.0 Å². The molecule has 2 aliphatic carbocycles. The number of halogens is 4. The van der Waals surface area contributed by atoms with Crippen LogP contribution in [0.2, 0.25) is 0 Å². The topological polar surface area (TPSA) is 33.0 Å². The number of nitriles is 1. The molecule has 34 heavy (non-hydrogen) atoms. The summed E-state index contributed by atoms with van der Waals surface area (Å²) in [4.78, 5) is 0. The first-order valence-electron chi connectivity index (χ1n) is 12.6. The van der Waals surface area contributed by atoms with Crippen LogP contribution >= 0.6 is 0 Å². The van der Waals surface area contributed by atoms with Crippen molar-refractivity contribution in [2.75, 3.05) is 0 Å². The third-order valence-corrected chi connectivity index (χ3v) is 7.61. The van der Waals surface area contributed by atoms with E-state index in [9.17, 15) is 17.6 Å². The second-order valence-electron chi connectivity index (χ2n) is 9.93. The summed E-state index contributed by atoms with van der Waals surface area (Å²) in [5, 5.41) is 8.38. The molecule has 0 atom stereocenters. The molecule has 0 saturated heterocycles. The van der Waals surface area contributed by atoms with Gasteiger partial charge in [-0.15, -0.1) is 13.2 Å². The standard InChI is InChI=1S/C28H35F4NO/c29-26(20-33)5-3-1-2-4-21-6-8-22(9-7-21)10-11-23-12-14-24(15-13-23)25-16-18-27(19-17-25)34-28(30,31)32/h1,3,5,16-19,21-24H,2,4,6-15H2/t21-,22-,23-,24-. The van der Waals surface area contributed by atoms with Gasteiger partial charge in [-0.2, -0.15) is 9.65 Å². The number of hydrogen-bond donors (Lipinski definition) is 0.